The Balaban J connectivity index is 2.12. The number of anilines is 2. The molecular weight excluding hydrogens is 403 g/mol. The molecule has 0 unspecified atom stereocenters. The number of hydrogen-bond acceptors (Lipinski definition) is 4. The number of nitrogens with zero attached hydrogens (tertiary/aromatic N) is 1. The molecule has 134 valence electrons. The summed E-state index contributed by atoms with van der Waals surface area (Å²) in [6.07, 6.45) is 2.81. The van der Waals surface area contributed by atoms with Crippen LogP contribution in [0.5, 0.6) is 0 Å². The van der Waals surface area contributed by atoms with E-state index in [1.165, 1.54) is 18.4 Å². The second kappa shape index (κ2) is 9.47. The van der Waals surface area contributed by atoms with Crippen molar-refractivity contribution in [1.82, 2.24) is 10.7 Å². The molecule has 0 aliphatic carbocycles. The van der Waals surface area contributed by atoms with Crippen LogP contribution in [0.3, 0.4) is 0 Å². The molecule has 0 heterocycles. The molecule has 0 atom stereocenters. The zero-order valence-electron chi connectivity index (χ0n) is 13.6. The van der Waals surface area contributed by atoms with E-state index in [2.05, 4.69) is 43.7 Å². The molecule has 6 nitrogen and oxygen atoms in total. The van der Waals surface area contributed by atoms with Gasteiger partial charge in [0, 0.05) is 22.3 Å². The van der Waals surface area contributed by atoms with Crippen molar-refractivity contribution in [2.24, 2.45) is 5.10 Å². The molecule has 0 spiro atoms. The van der Waals surface area contributed by atoms with Crippen molar-refractivity contribution in [2.45, 2.75) is 0 Å². The van der Waals surface area contributed by atoms with Gasteiger partial charge >= 0.3 is 11.8 Å². The predicted molar refractivity (Wildman–Crippen MR) is 103 cm³/mol. The summed E-state index contributed by atoms with van der Waals surface area (Å²) in [6.45, 7) is 3.62. The van der Waals surface area contributed by atoms with Crippen LogP contribution in [0.2, 0.25) is 0 Å². The predicted octanol–water partition coefficient (Wildman–Crippen LogP) is 3.08. The van der Waals surface area contributed by atoms with Gasteiger partial charge in [0.05, 0.1) is 11.9 Å². The summed E-state index contributed by atoms with van der Waals surface area (Å²) < 4.78 is 14.6. The summed E-state index contributed by atoms with van der Waals surface area (Å²) in [7, 11) is 0. The zero-order chi connectivity index (χ0) is 18.9. The maximum absolute atomic E-state index is 13.8. The van der Waals surface area contributed by atoms with E-state index in [1.807, 2.05) is 0 Å². The number of rotatable bonds is 6. The van der Waals surface area contributed by atoms with Gasteiger partial charge < -0.3 is 10.6 Å². The Morgan fingerprint density at radius 2 is 1.92 bits per heavy atom. The van der Waals surface area contributed by atoms with Crippen LogP contribution in [0, 0.1) is 5.82 Å². The molecule has 2 aromatic rings. The molecule has 0 saturated heterocycles. The van der Waals surface area contributed by atoms with Crippen molar-refractivity contribution >= 4 is 45.3 Å². The molecule has 2 amide bonds. The van der Waals surface area contributed by atoms with Gasteiger partial charge in [0.25, 0.3) is 0 Å². The number of carbonyl (C=O) groups is 2. The number of halogens is 2. The van der Waals surface area contributed by atoms with Crippen LogP contribution >= 0.6 is 15.9 Å². The lowest BCUT2D eigenvalue weighted by Crippen LogP contribution is -2.37. The second-order valence-corrected chi connectivity index (χ2v) is 5.95. The molecule has 8 heteroatoms. The molecule has 0 aliphatic heterocycles. The summed E-state index contributed by atoms with van der Waals surface area (Å²) in [4.78, 5) is 23.0. The van der Waals surface area contributed by atoms with Crippen molar-refractivity contribution in [1.29, 1.82) is 0 Å². The van der Waals surface area contributed by atoms with E-state index in [9.17, 15) is 14.0 Å². The molecule has 0 aromatic heterocycles. The third kappa shape index (κ3) is 5.52. The molecular formula is C18H16BrFN4O2. The summed E-state index contributed by atoms with van der Waals surface area (Å²) in [6, 6.07) is 11.5. The normalized spacial score (nSPS) is 10.4. The summed E-state index contributed by atoms with van der Waals surface area (Å²) in [5.41, 5.74) is 3.59. The van der Waals surface area contributed by atoms with E-state index in [-0.39, 0.29) is 6.54 Å². The summed E-state index contributed by atoms with van der Waals surface area (Å²) in [5, 5.41) is 9.07. The van der Waals surface area contributed by atoms with Gasteiger partial charge in [0.2, 0.25) is 0 Å². The van der Waals surface area contributed by atoms with Crippen LogP contribution in [-0.4, -0.2) is 24.6 Å². The smallest absolute Gasteiger partial charge is 0.329 e. The average Bonchev–Trinajstić information content (AvgIpc) is 2.63. The number of carbonyl (C=O) groups excluding carboxylic acids is 2. The number of amides is 2. The maximum atomic E-state index is 13.8. The molecule has 0 bridgehead atoms. The van der Waals surface area contributed by atoms with Crippen molar-refractivity contribution in [3.63, 3.8) is 0 Å². The van der Waals surface area contributed by atoms with Gasteiger partial charge in [-0.3, -0.25) is 9.59 Å². The fourth-order valence-electron chi connectivity index (χ4n) is 1.92. The number of hydrogen-bond donors (Lipinski definition) is 3. The van der Waals surface area contributed by atoms with Crippen molar-refractivity contribution in [3.05, 3.63) is 71.0 Å². The van der Waals surface area contributed by atoms with Gasteiger partial charge in [-0.1, -0.05) is 34.1 Å². The molecule has 0 aliphatic rings. The third-order valence-corrected chi connectivity index (χ3v) is 3.63. The maximum Gasteiger partial charge on any atom is 0.329 e. The monoisotopic (exact) mass is 418 g/mol. The molecule has 0 radical (unpaired) electrons. The average molecular weight is 419 g/mol. The topological polar surface area (TPSA) is 82.6 Å². The molecule has 26 heavy (non-hydrogen) atoms. The van der Waals surface area contributed by atoms with E-state index in [0.29, 0.717) is 16.9 Å². The van der Waals surface area contributed by atoms with Crippen LogP contribution < -0.4 is 16.1 Å². The minimum absolute atomic E-state index is 0.179. The van der Waals surface area contributed by atoms with Crippen LogP contribution in [0.25, 0.3) is 0 Å². The first-order valence-electron chi connectivity index (χ1n) is 7.54. The van der Waals surface area contributed by atoms with Crippen molar-refractivity contribution in [2.75, 3.05) is 11.9 Å². The van der Waals surface area contributed by atoms with E-state index in [1.54, 1.807) is 36.4 Å². The molecule has 2 aromatic carbocycles. The largest absolute Gasteiger partial charge is 0.353 e. The van der Waals surface area contributed by atoms with Gasteiger partial charge in [0.15, 0.2) is 0 Å². The Morgan fingerprint density at radius 3 is 2.65 bits per heavy atom. The SMILES string of the molecule is C=CCNC(=O)C(=O)N/N=C\c1cc(Br)ccc1Nc1ccccc1F. The first-order valence-corrected chi connectivity index (χ1v) is 8.34. The number of para-hydroxylation sites is 1. The van der Waals surface area contributed by atoms with Crippen molar-refractivity contribution < 1.29 is 14.0 Å². The lowest BCUT2D eigenvalue weighted by Gasteiger charge is -2.10. The fourth-order valence-corrected chi connectivity index (χ4v) is 2.30. The number of hydrazone groups is 1. The minimum Gasteiger partial charge on any atom is -0.353 e. The lowest BCUT2D eigenvalue weighted by molar-refractivity contribution is -0.139. The number of nitrogens with one attached hydrogen (secondary N) is 3. The van der Waals surface area contributed by atoms with Crippen LogP contribution in [0.1, 0.15) is 5.56 Å². The first-order chi connectivity index (χ1) is 12.5. The first kappa shape index (κ1) is 19.3. The van der Waals surface area contributed by atoms with E-state index < -0.39 is 17.6 Å². The van der Waals surface area contributed by atoms with Gasteiger partial charge in [-0.15, -0.1) is 6.58 Å². The Hall–Kier alpha value is -3.00. The van der Waals surface area contributed by atoms with E-state index in [0.717, 1.165) is 4.47 Å². The Bertz CT molecular complexity index is 855. The third-order valence-electron chi connectivity index (χ3n) is 3.14. The Labute approximate surface area is 158 Å². The second-order valence-electron chi connectivity index (χ2n) is 5.03. The van der Waals surface area contributed by atoms with Crippen LogP contribution in [0.15, 0.2) is 64.7 Å². The van der Waals surface area contributed by atoms with E-state index in [4.69, 9.17) is 0 Å². The van der Waals surface area contributed by atoms with Gasteiger partial charge in [-0.2, -0.15) is 5.10 Å². The Morgan fingerprint density at radius 1 is 1.15 bits per heavy atom. The standard InChI is InChI=1S/C18H16BrFN4O2/c1-2-9-21-17(25)18(26)24-22-11-12-10-13(19)7-8-15(12)23-16-6-4-3-5-14(16)20/h2-8,10-11,23H,1,9H2,(H,21,25)(H,24,26)/b22-11-. The molecule has 3 N–H and O–H groups in total. The van der Waals surface area contributed by atoms with Gasteiger partial charge in [-0.05, 0) is 30.3 Å². The quantitative estimate of drug-likeness (QED) is 0.291. The van der Waals surface area contributed by atoms with Gasteiger partial charge in [0.1, 0.15) is 5.82 Å². The van der Waals surface area contributed by atoms with Crippen LogP contribution in [0.4, 0.5) is 15.8 Å². The number of benzene rings is 2. The fraction of sp³-hybridized carbons (Fsp3) is 0.0556. The van der Waals surface area contributed by atoms with Crippen LogP contribution in [-0.2, 0) is 9.59 Å². The zero-order valence-corrected chi connectivity index (χ0v) is 15.2. The van der Waals surface area contributed by atoms with E-state index >= 15 is 0 Å². The van der Waals surface area contributed by atoms with Crippen molar-refractivity contribution in [3.8, 4) is 0 Å². The Kier molecular flexibility index (Phi) is 7.04. The molecule has 2 rings (SSSR count). The highest BCUT2D eigenvalue weighted by Crippen LogP contribution is 2.24. The summed E-state index contributed by atoms with van der Waals surface area (Å²) in [5.74, 6) is -2.12. The lowest BCUT2D eigenvalue weighted by atomic mass is 10.2. The highest BCUT2D eigenvalue weighted by atomic mass is 79.9. The highest BCUT2D eigenvalue weighted by Gasteiger charge is 2.11. The molecule has 0 fully saturated rings. The highest BCUT2D eigenvalue weighted by molar-refractivity contribution is 9.10. The van der Waals surface area contributed by atoms with Gasteiger partial charge in [-0.25, -0.2) is 9.82 Å². The summed E-state index contributed by atoms with van der Waals surface area (Å²) >= 11 is 3.34. The minimum atomic E-state index is -0.901. The molecule has 0 saturated carbocycles.